The zero-order valence-electron chi connectivity index (χ0n) is 11.0. The number of nitrogens with one attached hydrogen (secondary N) is 1. The molecular formula is C12H23N3O2. The Morgan fingerprint density at radius 1 is 1.41 bits per heavy atom. The lowest BCUT2D eigenvalue weighted by atomic mass is 10.1. The molecule has 1 saturated heterocycles. The molecule has 0 spiro atoms. The molecule has 0 radical (unpaired) electrons. The molecule has 0 aliphatic carbocycles. The van der Waals surface area contributed by atoms with Gasteiger partial charge in [-0.1, -0.05) is 0 Å². The number of likely N-dealkylation sites (N-methyl/N-ethyl adjacent to an activating group) is 1. The van der Waals surface area contributed by atoms with Crippen LogP contribution in [0.2, 0.25) is 0 Å². The van der Waals surface area contributed by atoms with E-state index in [9.17, 15) is 9.59 Å². The van der Waals surface area contributed by atoms with Crippen LogP contribution in [-0.4, -0.2) is 60.4 Å². The number of hydrogen-bond acceptors (Lipinski definition) is 3. The van der Waals surface area contributed by atoms with Crippen LogP contribution in [0, 0.1) is 0 Å². The SMILES string of the molecule is CCN(CC)C(=O)CC1NCCN(CC)C1=O. The Balaban J connectivity index is 2.55. The van der Waals surface area contributed by atoms with E-state index in [1.54, 1.807) is 9.80 Å². The van der Waals surface area contributed by atoms with Crippen molar-refractivity contribution in [2.75, 3.05) is 32.7 Å². The fourth-order valence-electron chi connectivity index (χ4n) is 2.15. The summed E-state index contributed by atoms with van der Waals surface area (Å²) < 4.78 is 0. The molecule has 0 bridgehead atoms. The van der Waals surface area contributed by atoms with Gasteiger partial charge in [0.2, 0.25) is 11.8 Å². The standard InChI is InChI=1S/C12H23N3O2/c1-4-14(5-2)11(16)9-10-12(17)15(6-3)8-7-13-10/h10,13H,4-9H2,1-3H3. The summed E-state index contributed by atoms with van der Waals surface area (Å²) in [6, 6.07) is -0.336. The van der Waals surface area contributed by atoms with Crippen molar-refractivity contribution < 1.29 is 9.59 Å². The summed E-state index contributed by atoms with van der Waals surface area (Å²) in [4.78, 5) is 27.5. The van der Waals surface area contributed by atoms with Crippen LogP contribution in [0.5, 0.6) is 0 Å². The number of hydrogen-bond donors (Lipinski definition) is 1. The van der Waals surface area contributed by atoms with Gasteiger partial charge in [0.1, 0.15) is 0 Å². The maximum Gasteiger partial charge on any atom is 0.240 e. The van der Waals surface area contributed by atoms with E-state index in [1.807, 2.05) is 20.8 Å². The van der Waals surface area contributed by atoms with Crippen molar-refractivity contribution in [2.45, 2.75) is 33.2 Å². The molecule has 2 amide bonds. The Labute approximate surface area is 103 Å². The Kier molecular flexibility index (Phi) is 5.41. The van der Waals surface area contributed by atoms with Crippen LogP contribution in [-0.2, 0) is 9.59 Å². The Hall–Kier alpha value is -1.10. The molecule has 17 heavy (non-hydrogen) atoms. The van der Waals surface area contributed by atoms with E-state index < -0.39 is 0 Å². The van der Waals surface area contributed by atoms with Crippen molar-refractivity contribution in [3.05, 3.63) is 0 Å². The molecule has 1 atom stereocenters. The predicted octanol–water partition coefficient (Wildman–Crippen LogP) is 0.0652. The van der Waals surface area contributed by atoms with Gasteiger partial charge in [0.15, 0.2) is 0 Å². The molecule has 5 nitrogen and oxygen atoms in total. The fraction of sp³-hybridized carbons (Fsp3) is 0.833. The smallest absolute Gasteiger partial charge is 0.240 e. The van der Waals surface area contributed by atoms with E-state index in [4.69, 9.17) is 0 Å². The Bertz CT molecular complexity index is 277. The number of amides is 2. The minimum Gasteiger partial charge on any atom is -0.343 e. The van der Waals surface area contributed by atoms with E-state index in [2.05, 4.69) is 5.32 Å². The number of rotatable bonds is 5. The van der Waals surface area contributed by atoms with Crippen molar-refractivity contribution in [1.29, 1.82) is 0 Å². The summed E-state index contributed by atoms with van der Waals surface area (Å²) in [5.41, 5.74) is 0. The summed E-state index contributed by atoms with van der Waals surface area (Å²) in [5, 5.41) is 3.13. The Morgan fingerprint density at radius 2 is 2.06 bits per heavy atom. The average Bonchev–Trinajstić information content (AvgIpc) is 2.33. The molecule has 1 heterocycles. The summed E-state index contributed by atoms with van der Waals surface area (Å²) in [6.45, 7) is 9.51. The van der Waals surface area contributed by atoms with Crippen molar-refractivity contribution in [3.8, 4) is 0 Å². The molecule has 1 N–H and O–H groups in total. The lowest BCUT2D eigenvalue weighted by Gasteiger charge is -2.33. The van der Waals surface area contributed by atoms with Gasteiger partial charge in [-0.3, -0.25) is 9.59 Å². The van der Waals surface area contributed by atoms with Gasteiger partial charge in [-0.15, -0.1) is 0 Å². The first-order chi connectivity index (χ1) is 8.13. The van der Waals surface area contributed by atoms with E-state index in [0.29, 0.717) is 13.1 Å². The van der Waals surface area contributed by atoms with Crippen LogP contribution in [0.1, 0.15) is 27.2 Å². The lowest BCUT2D eigenvalue weighted by Crippen LogP contribution is -2.56. The monoisotopic (exact) mass is 241 g/mol. The first-order valence-electron chi connectivity index (χ1n) is 6.43. The molecule has 0 saturated carbocycles. The highest BCUT2D eigenvalue weighted by Crippen LogP contribution is 2.07. The zero-order chi connectivity index (χ0) is 12.8. The molecule has 0 aromatic carbocycles. The minimum atomic E-state index is -0.336. The third-order valence-corrected chi connectivity index (χ3v) is 3.26. The number of piperazine rings is 1. The molecule has 1 fully saturated rings. The molecule has 0 aromatic heterocycles. The molecular weight excluding hydrogens is 218 g/mol. The third-order valence-electron chi connectivity index (χ3n) is 3.26. The molecule has 98 valence electrons. The summed E-state index contributed by atoms with van der Waals surface area (Å²) in [7, 11) is 0. The second-order valence-electron chi connectivity index (χ2n) is 4.19. The first kappa shape index (κ1) is 14.0. The van der Waals surface area contributed by atoms with Gasteiger partial charge in [0.05, 0.1) is 12.5 Å². The van der Waals surface area contributed by atoms with Crippen LogP contribution in [0.4, 0.5) is 0 Å². The topological polar surface area (TPSA) is 52.7 Å². The fourth-order valence-corrected chi connectivity index (χ4v) is 2.15. The first-order valence-corrected chi connectivity index (χ1v) is 6.43. The lowest BCUT2D eigenvalue weighted by molar-refractivity contribution is -0.140. The molecule has 1 unspecified atom stereocenters. The van der Waals surface area contributed by atoms with Crippen LogP contribution >= 0.6 is 0 Å². The van der Waals surface area contributed by atoms with Gasteiger partial charge in [0.25, 0.3) is 0 Å². The van der Waals surface area contributed by atoms with E-state index in [0.717, 1.165) is 19.6 Å². The average molecular weight is 241 g/mol. The maximum absolute atomic E-state index is 12.0. The summed E-state index contributed by atoms with van der Waals surface area (Å²) >= 11 is 0. The quantitative estimate of drug-likeness (QED) is 0.741. The van der Waals surface area contributed by atoms with Crippen molar-refractivity contribution in [3.63, 3.8) is 0 Å². The molecule has 1 aliphatic rings. The summed E-state index contributed by atoms with van der Waals surface area (Å²) in [6.07, 6.45) is 0.275. The second-order valence-corrected chi connectivity index (χ2v) is 4.19. The highest BCUT2D eigenvalue weighted by atomic mass is 16.2. The van der Waals surface area contributed by atoms with Gasteiger partial charge in [0, 0.05) is 32.7 Å². The van der Waals surface area contributed by atoms with Gasteiger partial charge in [-0.2, -0.15) is 0 Å². The van der Waals surface area contributed by atoms with E-state index in [-0.39, 0.29) is 24.3 Å². The van der Waals surface area contributed by atoms with Crippen molar-refractivity contribution >= 4 is 11.8 Å². The molecule has 0 aromatic rings. The minimum absolute atomic E-state index is 0.0544. The van der Waals surface area contributed by atoms with Crippen molar-refractivity contribution in [1.82, 2.24) is 15.1 Å². The van der Waals surface area contributed by atoms with Crippen LogP contribution < -0.4 is 5.32 Å². The second kappa shape index (κ2) is 6.59. The van der Waals surface area contributed by atoms with Crippen LogP contribution in [0.3, 0.4) is 0 Å². The van der Waals surface area contributed by atoms with Crippen LogP contribution in [0.15, 0.2) is 0 Å². The van der Waals surface area contributed by atoms with Gasteiger partial charge in [-0.25, -0.2) is 0 Å². The van der Waals surface area contributed by atoms with Gasteiger partial charge in [-0.05, 0) is 20.8 Å². The normalized spacial score (nSPS) is 20.5. The maximum atomic E-state index is 12.0. The molecule has 1 aliphatic heterocycles. The summed E-state index contributed by atoms with van der Waals surface area (Å²) in [5.74, 6) is 0.109. The predicted molar refractivity (Wildman–Crippen MR) is 66.6 cm³/mol. The third kappa shape index (κ3) is 3.43. The molecule has 5 heteroatoms. The number of nitrogens with zero attached hydrogens (tertiary/aromatic N) is 2. The Morgan fingerprint density at radius 3 is 2.59 bits per heavy atom. The highest BCUT2D eigenvalue weighted by molar-refractivity contribution is 5.88. The number of carbonyl (C=O) groups is 2. The highest BCUT2D eigenvalue weighted by Gasteiger charge is 2.29. The van der Waals surface area contributed by atoms with Gasteiger partial charge >= 0.3 is 0 Å². The largest absolute Gasteiger partial charge is 0.343 e. The van der Waals surface area contributed by atoms with Crippen LogP contribution in [0.25, 0.3) is 0 Å². The van der Waals surface area contributed by atoms with E-state index in [1.165, 1.54) is 0 Å². The zero-order valence-corrected chi connectivity index (χ0v) is 11.0. The van der Waals surface area contributed by atoms with Gasteiger partial charge < -0.3 is 15.1 Å². The van der Waals surface area contributed by atoms with E-state index >= 15 is 0 Å². The molecule has 1 rings (SSSR count). The van der Waals surface area contributed by atoms with Crippen molar-refractivity contribution in [2.24, 2.45) is 0 Å². The number of carbonyl (C=O) groups excluding carboxylic acids is 2.